The summed E-state index contributed by atoms with van der Waals surface area (Å²) in [5, 5.41) is 6.58. The Morgan fingerprint density at radius 1 is 1.03 bits per heavy atom. The van der Waals surface area contributed by atoms with E-state index >= 15 is 0 Å². The Morgan fingerprint density at radius 3 is 2.59 bits per heavy atom. The number of fused-ring (bicyclic) bond motifs is 3. The quantitative estimate of drug-likeness (QED) is 0.788. The standard InChI is InChI=1S/C24H26FN3O/c25-19-11-8-18(9-12-19)24-21-13-10-17-6-2-3-7-20(17)23(21)26-28(24)22(29)16-27-14-4-1-5-15-27/h2-3,6-9,11-12,21,24H,1,4-5,10,13-16H2/t21-,24-/m0/s1. The van der Waals surface area contributed by atoms with Gasteiger partial charge in [-0.1, -0.05) is 42.8 Å². The van der Waals surface area contributed by atoms with Gasteiger partial charge in [-0.25, -0.2) is 9.40 Å². The van der Waals surface area contributed by atoms with Crippen LogP contribution in [-0.2, 0) is 11.2 Å². The Labute approximate surface area is 171 Å². The largest absolute Gasteiger partial charge is 0.294 e. The van der Waals surface area contributed by atoms with Crippen LogP contribution < -0.4 is 0 Å². The zero-order chi connectivity index (χ0) is 19.8. The van der Waals surface area contributed by atoms with E-state index in [0.717, 1.165) is 55.6 Å². The molecular weight excluding hydrogens is 365 g/mol. The molecule has 150 valence electrons. The lowest BCUT2D eigenvalue weighted by molar-refractivity contribution is -0.135. The Morgan fingerprint density at radius 2 is 1.79 bits per heavy atom. The third-order valence-electron chi connectivity index (χ3n) is 6.50. The molecule has 2 aromatic carbocycles. The van der Waals surface area contributed by atoms with E-state index in [4.69, 9.17) is 5.10 Å². The molecule has 2 aliphatic heterocycles. The predicted octanol–water partition coefficient (Wildman–Crippen LogP) is 4.16. The zero-order valence-corrected chi connectivity index (χ0v) is 16.6. The van der Waals surface area contributed by atoms with E-state index in [1.165, 1.54) is 24.1 Å². The number of hydrazone groups is 1. The molecule has 5 rings (SSSR count). The molecule has 2 atom stereocenters. The van der Waals surface area contributed by atoms with Crippen molar-refractivity contribution in [3.63, 3.8) is 0 Å². The molecule has 0 saturated carbocycles. The van der Waals surface area contributed by atoms with Crippen LogP contribution in [0.2, 0.25) is 0 Å². The summed E-state index contributed by atoms with van der Waals surface area (Å²) >= 11 is 0. The molecule has 29 heavy (non-hydrogen) atoms. The first-order chi connectivity index (χ1) is 14.2. The van der Waals surface area contributed by atoms with Crippen LogP contribution in [0.1, 0.15) is 48.4 Å². The number of hydrogen-bond donors (Lipinski definition) is 0. The molecule has 1 aliphatic carbocycles. The maximum absolute atomic E-state index is 13.6. The van der Waals surface area contributed by atoms with Crippen molar-refractivity contribution in [3.8, 4) is 0 Å². The summed E-state index contributed by atoms with van der Waals surface area (Å²) in [4.78, 5) is 15.6. The number of likely N-dealkylation sites (tertiary alicyclic amines) is 1. The van der Waals surface area contributed by atoms with Crippen LogP contribution in [0.25, 0.3) is 0 Å². The summed E-state index contributed by atoms with van der Waals surface area (Å²) in [5.41, 5.74) is 4.42. The molecule has 0 bridgehead atoms. The first-order valence-electron chi connectivity index (χ1n) is 10.7. The zero-order valence-electron chi connectivity index (χ0n) is 16.6. The first-order valence-corrected chi connectivity index (χ1v) is 10.7. The van der Waals surface area contributed by atoms with Gasteiger partial charge in [-0.2, -0.15) is 5.10 Å². The van der Waals surface area contributed by atoms with Gasteiger partial charge in [0.05, 0.1) is 18.3 Å². The van der Waals surface area contributed by atoms with Gasteiger partial charge in [0.2, 0.25) is 0 Å². The van der Waals surface area contributed by atoms with Crippen molar-refractivity contribution in [2.45, 2.75) is 38.1 Å². The summed E-state index contributed by atoms with van der Waals surface area (Å²) in [6.07, 6.45) is 5.48. The molecule has 1 fully saturated rings. The minimum atomic E-state index is -0.256. The molecule has 0 spiro atoms. The van der Waals surface area contributed by atoms with Crippen LogP contribution in [0.15, 0.2) is 53.6 Å². The summed E-state index contributed by atoms with van der Waals surface area (Å²) in [7, 11) is 0. The lowest BCUT2D eigenvalue weighted by atomic mass is 9.77. The van der Waals surface area contributed by atoms with Crippen LogP contribution in [0.3, 0.4) is 0 Å². The van der Waals surface area contributed by atoms with Crippen molar-refractivity contribution < 1.29 is 9.18 Å². The Kier molecular flexibility index (Phi) is 4.92. The second-order valence-corrected chi connectivity index (χ2v) is 8.36. The van der Waals surface area contributed by atoms with Gasteiger partial charge in [0.25, 0.3) is 5.91 Å². The smallest absolute Gasteiger partial charge is 0.257 e. The fourth-order valence-corrected chi connectivity index (χ4v) is 5.05. The lowest BCUT2D eigenvalue weighted by Crippen LogP contribution is -2.41. The lowest BCUT2D eigenvalue weighted by Gasteiger charge is -2.31. The molecule has 0 N–H and O–H groups in total. The molecular formula is C24H26FN3O. The highest BCUT2D eigenvalue weighted by molar-refractivity contribution is 6.06. The van der Waals surface area contributed by atoms with Gasteiger partial charge in [-0.05, 0) is 62.0 Å². The Hall–Kier alpha value is -2.53. The molecule has 2 heterocycles. The van der Waals surface area contributed by atoms with Crippen molar-refractivity contribution in [2.24, 2.45) is 11.0 Å². The topological polar surface area (TPSA) is 35.9 Å². The van der Waals surface area contributed by atoms with E-state index in [0.29, 0.717) is 6.54 Å². The van der Waals surface area contributed by atoms with Crippen LogP contribution in [-0.4, -0.2) is 41.2 Å². The summed E-state index contributed by atoms with van der Waals surface area (Å²) in [6, 6.07) is 14.8. The predicted molar refractivity (Wildman–Crippen MR) is 111 cm³/mol. The molecule has 3 aliphatic rings. The molecule has 2 aromatic rings. The summed E-state index contributed by atoms with van der Waals surface area (Å²) in [6.45, 7) is 2.36. The van der Waals surface area contributed by atoms with E-state index in [1.807, 2.05) is 6.07 Å². The molecule has 0 radical (unpaired) electrons. The Balaban J connectivity index is 1.50. The van der Waals surface area contributed by atoms with E-state index in [-0.39, 0.29) is 23.7 Å². The summed E-state index contributed by atoms with van der Waals surface area (Å²) < 4.78 is 13.6. The van der Waals surface area contributed by atoms with Crippen molar-refractivity contribution in [3.05, 3.63) is 71.0 Å². The van der Waals surface area contributed by atoms with E-state index in [1.54, 1.807) is 17.1 Å². The maximum atomic E-state index is 13.6. The molecule has 0 aromatic heterocycles. The van der Waals surface area contributed by atoms with Crippen molar-refractivity contribution in [1.29, 1.82) is 0 Å². The van der Waals surface area contributed by atoms with Gasteiger partial charge in [-0.3, -0.25) is 9.69 Å². The van der Waals surface area contributed by atoms with Crippen molar-refractivity contribution in [1.82, 2.24) is 9.91 Å². The second kappa shape index (κ2) is 7.71. The first kappa shape index (κ1) is 18.5. The summed E-state index contributed by atoms with van der Waals surface area (Å²) in [5.74, 6) is -0.0608. The van der Waals surface area contributed by atoms with Gasteiger partial charge >= 0.3 is 0 Å². The molecule has 5 heteroatoms. The number of rotatable bonds is 3. The average molecular weight is 391 g/mol. The maximum Gasteiger partial charge on any atom is 0.257 e. The number of amides is 1. The fraction of sp³-hybridized carbons (Fsp3) is 0.417. The van der Waals surface area contributed by atoms with Crippen molar-refractivity contribution in [2.75, 3.05) is 19.6 Å². The highest BCUT2D eigenvalue weighted by Gasteiger charge is 2.43. The minimum Gasteiger partial charge on any atom is -0.294 e. The number of carbonyl (C=O) groups excluding carboxylic acids is 1. The van der Waals surface area contributed by atoms with Gasteiger partial charge in [0, 0.05) is 11.5 Å². The average Bonchev–Trinajstić information content (AvgIpc) is 3.15. The molecule has 0 unspecified atom stereocenters. The highest BCUT2D eigenvalue weighted by atomic mass is 19.1. The van der Waals surface area contributed by atoms with E-state index < -0.39 is 0 Å². The monoisotopic (exact) mass is 391 g/mol. The third kappa shape index (κ3) is 3.48. The third-order valence-corrected chi connectivity index (χ3v) is 6.50. The van der Waals surface area contributed by atoms with Gasteiger partial charge in [-0.15, -0.1) is 0 Å². The van der Waals surface area contributed by atoms with Crippen molar-refractivity contribution >= 4 is 11.6 Å². The number of benzene rings is 2. The van der Waals surface area contributed by atoms with E-state index in [2.05, 4.69) is 23.1 Å². The minimum absolute atomic E-state index is 0.0422. The molecule has 1 saturated heterocycles. The van der Waals surface area contributed by atoms with E-state index in [9.17, 15) is 9.18 Å². The van der Waals surface area contributed by atoms with Crippen LogP contribution in [0.4, 0.5) is 4.39 Å². The van der Waals surface area contributed by atoms with Crippen LogP contribution >= 0.6 is 0 Å². The number of halogens is 1. The Bertz CT molecular complexity index is 933. The SMILES string of the molecule is O=C(CN1CCCCC1)N1N=C2c3ccccc3CC[C@@H]2[C@@H]1c1ccc(F)cc1. The van der Waals surface area contributed by atoms with Gasteiger partial charge < -0.3 is 0 Å². The van der Waals surface area contributed by atoms with Gasteiger partial charge in [0.1, 0.15) is 5.82 Å². The number of nitrogens with zero attached hydrogens (tertiary/aromatic N) is 3. The number of hydrogen-bond acceptors (Lipinski definition) is 3. The fourth-order valence-electron chi connectivity index (χ4n) is 5.05. The normalized spacial score (nSPS) is 24.0. The molecule has 1 amide bonds. The highest BCUT2D eigenvalue weighted by Crippen LogP contribution is 2.43. The second-order valence-electron chi connectivity index (χ2n) is 8.36. The molecule has 4 nitrogen and oxygen atoms in total. The van der Waals surface area contributed by atoms with Crippen LogP contribution in [0.5, 0.6) is 0 Å². The van der Waals surface area contributed by atoms with Gasteiger partial charge in [0.15, 0.2) is 0 Å². The number of carbonyl (C=O) groups is 1. The number of aryl methyl sites for hydroxylation is 1. The van der Waals surface area contributed by atoms with Crippen LogP contribution in [0, 0.1) is 11.7 Å². The number of piperidine rings is 1.